The number of halogens is 3. The van der Waals surface area contributed by atoms with E-state index in [1.54, 1.807) is 6.07 Å². The van der Waals surface area contributed by atoms with Gasteiger partial charge in [-0.15, -0.1) is 0 Å². The highest BCUT2D eigenvalue weighted by Crippen LogP contribution is 2.40. The van der Waals surface area contributed by atoms with Crippen molar-refractivity contribution < 1.29 is 18.0 Å². The third-order valence-corrected chi connectivity index (χ3v) is 5.01. The predicted molar refractivity (Wildman–Crippen MR) is 87.0 cm³/mol. The first kappa shape index (κ1) is 17.3. The van der Waals surface area contributed by atoms with E-state index in [9.17, 15) is 13.2 Å². The molecule has 1 aromatic carbocycles. The number of benzene rings is 1. The fourth-order valence-electron chi connectivity index (χ4n) is 3.50. The van der Waals surface area contributed by atoms with E-state index in [0.717, 1.165) is 32.0 Å². The molecule has 0 amide bonds. The van der Waals surface area contributed by atoms with E-state index in [1.165, 1.54) is 12.1 Å². The van der Waals surface area contributed by atoms with Gasteiger partial charge in [-0.2, -0.15) is 13.2 Å². The van der Waals surface area contributed by atoms with E-state index < -0.39 is 17.3 Å². The lowest BCUT2D eigenvalue weighted by Gasteiger charge is -2.43. The fourth-order valence-corrected chi connectivity index (χ4v) is 3.50. The summed E-state index contributed by atoms with van der Waals surface area (Å²) in [6.45, 7) is 8.24. The van der Waals surface area contributed by atoms with E-state index in [0.29, 0.717) is 12.1 Å². The van der Waals surface area contributed by atoms with Crippen LogP contribution in [0.1, 0.15) is 51.2 Å². The van der Waals surface area contributed by atoms with Gasteiger partial charge in [0.1, 0.15) is 5.60 Å². The van der Waals surface area contributed by atoms with Crippen LogP contribution in [0.15, 0.2) is 29.4 Å². The number of hydrogen-bond acceptors (Lipinski definition) is 3. The fraction of sp³-hybridized carbons (Fsp3) is 0.611. The summed E-state index contributed by atoms with van der Waals surface area (Å²) in [6.07, 6.45) is -2.38. The molecular formula is C18H23F3N2O. The molecule has 0 aliphatic carbocycles. The first-order chi connectivity index (χ1) is 11.1. The van der Waals surface area contributed by atoms with E-state index in [1.807, 2.05) is 0 Å². The lowest BCUT2D eigenvalue weighted by atomic mass is 9.83. The Labute approximate surface area is 140 Å². The third kappa shape index (κ3) is 3.29. The highest BCUT2D eigenvalue weighted by molar-refractivity contribution is 6.03. The van der Waals surface area contributed by atoms with Gasteiger partial charge in [0.2, 0.25) is 0 Å². The molecule has 0 unspecified atom stereocenters. The molecule has 0 aromatic heterocycles. The molecule has 3 nitrogen and oxygen atoms in total. The zero-order valence-electron chi connectivity index (χ0n) is 14.3. The van der Waals surface area contributed by atoms with Gasteiger partial charge in [-0.1, -0.05) is 23.4 Å². The molecule has 1 spiro atoms. The molecule has 1 saturated heterocycles. The van der Waals surface area contributed by atoms with Crippen LogP contribution in [-0.4, -0.2) is 34.8 Å². The number of piperidine rings is 1. The smallest absolute Gasteiger partial charge is 0.388 e. The predicted octanol–water partition coefficient (Wildman–Crippen LogP) is 4.46. The Morgan fingerprint density at radius 1 is 1.08 bits per heavy atom. The summed E-state index contributed by atoms with van der Waals surface area (Å²) in [5.74, 6) is 0. The van der Waals surface area contributed by atoms with Crippen LogP contribution in [-0.2, 0) is 11.0 Å². The monoisotopic (exact) mass is 340 g/mol. The second-order valence-electron chi connectivity index (χ2n) is 7.69. The minimum atomic E-state index is -4.38. The maximum absolute atomic E-state index is 13.2. The summed E-state index contributed by atoms with van der Waals surface area (Å²) < 4.78 is 39.6. The Bertz CT molecular complexity index is 638. The van der Waals surface area contributed by atoms with Crippen LogP contribution in [0.5, 0.6) is 0 Å². The summed E-state index contributed by atoms with van der Waals surface area (Å²) >= 11 is 0. The van der Waals surface area contributed by atoms with Gasteiger partial charge in [-0.25, -0.2) is 0 Å². The maximum atomic E-state index is 13.2. The first-order valence-corrected chi connectivity index (χ1v) is 8.27. The number of nitrogens with zero attached hydrogens (tertiary/aromatic N) is 2. The van der Waals surface area contributed by atoms with Crippen molar-refractivity contribution in [2.75, 3.05) is 13.1 Å². The molecule has 2 aliphatic heterocycles. The number of hydrogen-bond donors (Lipinski definition) is 0. The Balaban J connectivity index is 1.75. The van der Waals surface area contributed by atoms with E-state index >= 15 is 0 Å². The standard InChI is InChI=1S/C18H23F3N2O/c1-16(2,3)23-10-8-17(9-11-23)12-15(22-24-17)13-6-4-5-7-14(13)18(19,20)21/h4-7H,8-12H2,1-3H3. The molecule has 6 heteroatoms. The Hall–Kier alpha value is -1.56. The van der Waals surface area contributed by atoms with Crippen molar-refractivity contribution in [1.29, 1.82) is 0 Å². The molecule has 1 aromatic rings. The lowest BCUT2D eigenvalue weighted by Crippen LogP contribution is -2.51. The Morgan fingerprint density at radius 2 is 1.71 bits per heavy atom. The molecule has 1 fully saturated rings. The largest absolute Gasteiger partial charge is 0.417 e. The van der Waals surface area contributed by atoms with Crippen molar-refractivity contribution in [2.24, 2.45) is 5.16 Å². The SMILES string of the molecule is CC(C)(C)N1CCC2(CC1)CC(c1ccccc1C(F)(F)F)=NO2. The third-order valence-electron chi connectivity index (χ3n) is 5.01. The van der Waals surface area contributed by atoms with Gasteiger partial charge in [-0.05, 0) is 26.8 Å². The van der Waals surface area contributed by atoms with E-state index in [2.05, 4.69) is 30.8 Å². The summed E-state index contributed by atoms with van der Waals surface area (Å²) in [5, 5.41) is 4.04. The molecule has 0 saturated carbocycles. The number of rotatable bonds is 1. The van der Waals surface area contributed by atoms with Crippen molar-refractivity contribution in [2.45, 2.75) is 57.3 Å². The quantitative estimate of drug-likeness (QED) is 0.754. The van der Waals surface area contributed by atoms with Crippen molar-refractivity contribution >= 4 is 5.71 Å². The average Bonchev–Trinajstić information content (AvgIpc) is 2.90. The molecule has 2 heterocycles. The molecule has 0 radical (unpaired) electrons. The van der Waals surface area contributed by atoms with Gasteiger partial charge < -0.3 is 4.84 Å². The van der Waals surface area contributed by atoms with Gasteiger partial charge in [-0.3, -0.25) is 4.90 Å². The molecule has 132 valence electrons. The Morgan fingerprint density at radius 3 is 2.29 bits per heavy atom. The zero-order chi connectivity index (χ0) is 17.6. The summed E-state index contributed by atoms with van der Waals surface area (Å²) in [6, 6.07) is 5.60. The topological polar surface area (TPSA) is 24.8 Å². The zero-order valence-corrected chi connectivity index (χ0v) is 14.3. The molecule has 3 rings (SSSR count). The second-order valence-corrected chi connectivity index (χ2v) is 7.69. The van der Waals surface area contributed by atoms with Crippen LogP contribution in [0, 0.1) is 0 Å². The summed E-state index contributed by atoms with van der Waals surface area (Å²) in [5.41, 5.74) is -0.452. The van der Waals surface area contributed by atoms with E-state index in [4.69, 9.17) is 4.84 Å². The van der Waals surface area contributed by atoms with Gasteiger partial charge in [0.05, 0.1) is 11.3 Å². The van der Waals surface area contributed by atoms with Gasteiger partial charge >= 0.3 is 6.18 Å². The minimum absolute atomic E-state index is 0.0901. The maximum Gasteiger partial charge on any atom is 0.417 e. The van der Waals surface area contributed by atoms with E-state index in [-0.39, 0.29) is 11.1 Å². The highest BCUT2D eigenvalue weighted by atomic mass is 19.4. The van der Waals surface area contributed by atoms with Crippen LogP contribution in [0.3, 0.4) is 0 Å². The van der Waals surface area contributed by atoms with Gasteiger partial charge in [0.25, 0.3) is 0 Å². The number of oxime groups is 1. The summed E-state index contributed by atoms with van der Waals surface area (Å²) in [4.78, 5) is 8.05. The number of likely N-dealkylation sites (tertiary alicyclic amines) is 1. The van der Waals surface area contributed by atoms with Crippen LogP contribution >= 0.6 is 0 Å². The van der Waals surface area contributed by atoms with Crippen molar-refractivity contribution in [3.8, 4) is 0 Å². The second kappa shape index (κ2) is 5.76. The highest BCUT2D eigenvalue weighted by Gasteiger charge is 2.45. The van der Waals surface area contributed by atoms with Crippen LogP contribution < -0.4 is 0 Å². The lowest BCUT2D eigenvalue weighted by molar-refractivity contribution is -0.137. The normalized spacial score (nSPS) is 21.7. The molecule has 24 heavy (non-hydrogen) atoms. The summed E-state index contributed by atoms with van der Waals surface area (Å²) in [7, 11) is 0. The minimum Gasteiger partial charge on any atom is -0.388 e. The van der Waals surface area contributed by atoms with Gasteiger partial charge in [0.15, 0.2) is 0 Å². The van der Waals surface area contributed by atoms with Crippen molar-refractivity contribution in [1.82, 2.24) is 4.90 Å². The molecule has 0 atom stereocenters. The first-order valence-electron chi connectivity index (χ1n) is 8.27. The molecule has 2 aliphatic rings. The van der Waals surface area contributed by atoms with Crippen molar-refractivity contribution in [3.63, 3.8) is 0 Å². The van der Waals surface area contributed by atoms with Crippen molar-refractivity contribution in [3.05, 3.63) is 35.4 Å². The Kier molecular flexibility index (Phi) is 4.14. The van der Waals surface area contributed by atoms with Crippen LogP contribution in [0.4, 0.5) is 13.2 Å². The van der Waals surface area contributed by atoms with Gasteiger partial charge in [0, 0.05) is 43.5 Å². The molecule has 0 bridgehead atoms. The number of alkyl halides is 3. The average molecular weight is 340 g/mol. The molecular weight excluding hydrogens is 317 g/mol. The van der Waals surface area contributed by atoms with Crippen LogP contribution in [0.2, 0.25) is 0 Å². The van der Waals surface area contributed by atoms with Crippen LogP contribution in [0.25, 0.3) is 0 Å². The molecule has 0 N–H and O–H groups in total.